The second-order valence-electron chi connectivity index (χ2n) is 4.33. The van der Waals surface area contributed by atoms with Crippen molar-refractivity contribution in [2.24, 2.45) is 11.8 Å². The van der Waals surface area contributed by atoms with Gasteiger partial charge in [-0.1, -0.05) is 19.3 Å². The summed E-state index contributed by atoms with van der Waals surface area (Å²) in [5.41, 5.74) is 0. The molecule has 0 aromatic rings. The number of aliphatic hydroxyl groups excluding tert-OH is 1. The first kappa shape index (κ1) is 8.52. The fraction of sp³-hybridized carbons (Fsp3) is 1.00. The molecule has 2 saturated carbocycles. The minimum atomic E-state index is -0.0805. The summed E-state index contributed by atoms with van der Waals surface area (Å²) < 4.78 is 0. The highest BCUT2D eigenvalue weighted by molar-refractivity contribution is 4.96. The van der Waals surface area contributed by atoms with E-state index in [1.165, 1.54) is 25.7 Å². The van der Waals surface area contributed by atoms with Crippen LogP contribution >= 0.6 is 0 Å². The van der Waals surface area contributed by atoms with E-state index in [9.17, 15) is 5.11 Å². The summed E-state index contributed by atoms with van der Waals surface area (Å²) in [7, 11) is 1.98. The molecule has 4 atom stereocenters. The molecule has 0 bridgehead atoms. The monoisotopic (exact) mass is 169 g/mol. The highest BCUT2D eigenvalue weighted by Crippen LogP contribution is 2.42. The van der Waals surface area contributed by atoms with Crippen molar-refractivity contribution in [3.8, 4) is 0 Å². The molecule has 0 heterocycles. The normalized spacial score (nSPS) is 47.5. The molecule has 70 valence electrons. The largest absolute Gasteiger partial charge is 0.391 e. The summed E-state index contributed by atoms with van der Waals surface area (Å²) in [4.78, 5) is 0. The molecule has 2 nitrogen and oxygen atoms in total. The number of fused-ring (bicyclic) bond motifs is 1. The summed E-state index contributed by atoms with van der Waals surface area (Å²) in [6, 6.07) is 0.385. The first-order valence-electron chi connectivity index (χ1n) is 5.18. The first-order valence-corrected chi connectivity index (χ1v) is 5.18. The van der Waals surface area contributed by atoms with E-state index in [-0.39, 0.29) is 6.10 Å². The van der Waals surface area contributed by atoms with Gasteiger partial charge in [-0.05, 0) is 31.7 Å². The van der Waals surface area contributed by atoms with Gasteiger partial charge in [-0.15, -0.1) is 0 Å². The zero-order valence-electron chi connectivity index (χ0n) is 7.79. The van der Waals surface area contributed by atoms with Crippen LogP contribution in [0.4, 0.5) is 0 Å². The van der Waals surface area contributed by atoms with Gasteiger partial charge in [0.25, 0.3) is 0 Å². The molecule has 0 aromatic heterocycles. The molecule has 2 aliphatic carbocycles. The molecule has 2 N–H and O–H groups in total. The minimum absolute atomic E-state index is 0.0805. The van der Waals surface area contributed by atoms with E-state index in [4.69, 9.17) is 0 Å². The first-order chi connectivity index (χ1) is 5.83. The zero-order chi connectivity index (χ0) is 8.55. The average Bonchev–Trinajstić information content (AvgIpc) is 2.40. The summed E-state index contributed by atoms with van der Waals surface area (Å²) >= 11 is 0. The van der Waals surface area contributed by atoms with E-state index in [1.807, 2.05) is 7.05 Å². The topological polar surface area (TPSA) is 32.3 Å². The van der Waals surface area contributed by atoms with Crippen LogP contribution in [0.2, 0.25) is 0 Å². The van der Waals surface area contributed by atoms with Crippen LogP contribution in [0.3, 0.4) is 0 Å². The molecular formula is C10H19NO. The fourth-order valence-electron chi connectivity index (χ4n) is 3.15. The van der Waals surface area contributed by atoms with E-state index in [0.717, 1.165) is 18.3 Å². The third-order valence-electron chi connectivity index (χ3n) is 3.72. The maximum Gasteiger partial charge on any atom is 0.0698 e. The Morgan fingerprint density at radius 3 is 2.75 bits per heavy atom. The van der Waals surface area contributed by atoms with Crippen molar-refractivity contribution < 1.29 is 5.11 Å². The van der Waals surface area contributed by atoms with Crippen LogP contribution < -0.4 is 5.32 Å². The Kier molecular flexibility index (Phi) is 2.37. The lowest BCUT2D eigenvalue weighted by Crippen LogP contribution is -2.39. The maximum absolute atomic E-state index is 9.76. The molecular weight excluding hydrogens is 150 g/mol. The van der Waals surface area contributed by atoms with Crippen LogP contribution in [-0.4, -0.2) is 24.3 Å². The van der Waals surface area contributed by atoms with Gasteiger partial charge in [0.1, 0.15) is 0 Å². The highest BCUT2D eigenvalue weighted by atomic mass is 16.3. The molecule has 12 heavy (non-hydrogen) atoms. The van der Waals surface area contributed by atoms with Gasteiger partial charge < -0.3 is 10.4 Å². The molecule has 0 aliphatic heterocycles. The van der Waals surface area contributed by atoms with Crippen LogP contribution in [0.1, 0.15) is 32.1 Å². The van der Waals surface area contributed by atoms with Crippen molar-refractivity contribution in [2.45, 2.75) is 44.2 Å². The molecule has 2 heteroatoms. The number of likely N-dealkylation sites (N-methyl/N-ethyl adjacent to an activating group) is 1. The summed E-state index contributed by atoms with van der Waals surface area (Å²) in [5.74, 6) is 1.57. The summed E-state index contributed by atoms with van der Waals surface area (Å²) in [5, 5.41) is 13.0. The standard InChI is InChI=1S/C10H19NO/c1-11-10-8-5-3-2-4-7(8)6-9(10)12/h7-12H,2-6H2,1H3. The molecule has 2 rings (SSSR count). The zero-order valence-corrected chi connectivity index (χ0v) is 7.79. The predicted molar refractivity (Wildman–Crippen MR) is 48.9 cm³/mol. The lowest BCUT2D eigenvalue weighted by Gasteiger charge is -2.28. The van der Waals surface area contributed by atoms with E-state index < -0.39 is 0 Å². The van der Waals surface area contributed by atoms with Crippen molar-refractivity contribution in [3.05, 3.63) is 0 Å². The van der Waals surface area contributed by atoms with Crippen molar-refractivity contribution in [3.63, 3.8) is 0 Å². The third-order valence-corrected chi connectivity index (χ3v) is 3.72. The quantitative estimate of drug-likeness (QED) is 0.617. The number of hydrogen-bond donors (Lipinski definition) is 2. The Hall–Kier alpha value is -0.0800. The van der Waals surface area contributed by atoms with Crippen LogP contribution in [0.15, 0.2) is 0 Å². The molecule has 0 radical (unpaired) electrons. The van der Waals surface area contributed by atoms with E-state index in [1.54, 1.807) is 0 Å². The van der Waals surface area contributed by atoms with E-state index >= 15 is 0 Å². The Labute approximate surface area is 74.4 Å². The Morgan fingerprint density at radius 1 is 1.25 bits per heavy atom. The number of aliphatic hydroxyl groups is 1. The average molecular weight is 169 g/mol. The molecule has 2 fully saturated rings. The Balaban J connectivity index is 2.05. The molecule has 0 aromatic carbocycles. The minimum Gasteiger partial charge on any atom is -0.391 e. The van der Waals surface area contributed by atoms with Crippen molar-refractivity contribution >= 4 is 0 Å². The molecule has 2 aliphatic rings. The van der Waals surface area contributed by atoms with Gasteiger partial charge in [0.15, 0.2) is 0 Å². The Morgan fingerprint density at radius 2 is 2.00 bits per heavy atom. The van der Waals surface area contributed by atoms with E-state index in [2.05, 4.69) is 5.32 Å². The van der Waals surface area contributed by atoms with Gasteiger partial charge >= 0.3 is 0 Å². The van der Waals surface area contributed by atoms with E-state index in [0.29, 0.717) is 6.04 Å². The number of rotatable bonds is 1. The van der Waals surface area contributed by atoms with Gasteiger partial charge in [0, 0.05) is 6.04 Å². The second-order valence-corrected chi connectivity index (χ2v) is 4.33. The van der Waals surface area contributed by atoms with Gasteiger partial charge in [0.2, 0.25) is 0 Å². The van der Waals surface area contributed by atoms with Crippen LogP contribution in [0, 0.1) is 11.8 Å². The van der Waals surface area contributed by atoms with Gasteiger partial charge in [0.05, 0.1) is 6.10 Å². The van der Waals surface area contributed by atoms with Crippen LogP contribution in [0.25, 0.3) is 0 Å². The lowest BCUT2D eigenvalue weighted by atomic mass is 9.80. The molecule has 0 saturated heterocycles. The number of hydrogen-bond acceptors (Lipinski definition) is 2. The highest BCUT2D eigenvalue weighted by Gasteiger charge is 2.42. The van der Waals surface area contributed by atoms with Crippen molar-refractivity contribution in [2.75, 3.05) is 7.05 Å². The van der Waals surface area contributed by atoms with Gasteiger partial charge in [-0.3, -0.25) is 0 Å². The smallest absolute Gasteiger partial charge is 0.0698 e. The van der Waals surface area contributed by atoms with Crippen LogP contribution in [0.5, 0.6) is 0 Å². The van der Waals surface area contributed by atoms with Gasteiger partial charge in [-0.2, -0.15) is 0 Å². The molecule has 0 spiro atoms. The molecule has 4 unspecified atom stereocenters. The van der Waals surface area contributed by atoms with Gasteiger partial charge in [-0.25, -0.2) is 0 Å². The third kappa shape index (κ3) is 1.27. The predicted octanol–water partition coefficient (Wildman–Crippen LogP) is 1.15. The summed E-state index contributed by atoms with van der Waals surface area (Å²) in [6.45, 7) is 0. The van der Waals surface area contributed by atoms with Crippen molar-refractivity contribution in [1.82, 2.24) is 5.32 Å². The summed E-state index contributed by atoms with van der Waals surface area (Å²) in [6.07, 6.45) is 6.38. The fourth-order valence-corrected chi connectivity index (χ4v) is 3.15. The number of nitrogens with one attached hydrogen (secondary N) is 1. The lowest BCUT2D eigenvalue weighted by molar-refractivity contribution is 0.140. The SMILES string of the molecule is CNC1C(O)CC2CCCCC21. The molecule has 0 amide bonds. The van der Waals surface area contributed by atoms with Crippen molar-refractivity contribution in [1.29, 1.82) is 0 Å². The van der Waals surface area contributed by atoms with Crippen LogP contribution in [-0.2, 0) is 0 Å². The Bertz CT molecular complexity index is 160. The second kappa shape index (κ2) is 3.35. The maximum atomic E-state index is 9.76.